The molecule has 0 radical (unpaired) electrons. The first kappa shape index (κ1) is 17.3. The van der Waals surface area contributed by atoms with Gasteiger partial charge in [-0.05, 0) is 55.7 Å². The Morgan fingerprint density at radius 3 is 2.48 bits per heavy atom. The number of aliphatic hydroxyl groups excluding tert-OH is 1. The maximum Gasteiger partial charge on any atom is 0.253 e. The highest BCUT2D eigenvalue weighted by atomic mass is 16.3. The van der Waals surface area contributed by atoms with Crippen molar-refractivity contribution in [2.24, 2.45) is 0 Å². The molecule has 5 nitrogen and oxygen atoms in total. The summed E-state index contributed by atoms with van der Waals surface area (Å²) < 4.78 is 0. The molecule has 0 spiro atoms. The zero-order valence-electron chi connectivity index (χ0n) is 14.4. The number of amides is 1. The first-order valence-electron chi connectivity index (χ1n) is 8.63. The number of nitrogens with zero attached hydrogens (tertiary/aromatic N) is 1. The summed E-state index contributed by atoms with van der Waals surface area (Å²) in [5.41, 5.74) is 3.45. The Bertz CT molecular complexity index is 715. The molecular formula is C20H24N2O3. The molecule has 0 atom stereocenters. The lowest BCUT2D eigenvalue weighted by Gasteiger charge is -2.29. The number of aromatic hydroxyl groups is 1. The van der Waals surface area contributed by atoms with Gasteiger partial charge in [0.15, 0.2) is 0 Å². The number of aryl methyl sites for hydroxylation is 1. The second-order valence-corrected chi connectivity index (χ2v) is 6.53. The Balaban J connectivity index is 1.61. The van der Waals surface area contributed by atoms with Crippen LogP contribution in [0.2, 0.25) is 0 Å². The van der Waals surface area contributed by atoms with Gasteiger partial charge in [0.05, 0.1) is 6.10 Å². The van der Waals surface area contributed by atoms with Gasteiger partial charge >= 0.3 is 0 Å². The predicted molar refractivity (Wildman–Crippen MR) is 97.8 cm³/mol. The molecule has 2 aromatic carbocycles. The van der Waals surface area contributed by atoms with Crippen molar-refractivity contribution in [2.45, 2.75) is 32.4 Å². The zero-order valence-corrected chi connectivity index (χ0v) is 14.4. The molecule has 1 fully saturated rings. The number of carbonyl (C=O) groups is 1. The lowest BCUT2D eigenvalue weighted by molar-refractivity contribution is 0.0546. The highest BCUT2D eigenvalue weighted by molar-refractivity contribution is 5.94. The monoisotopic (exact) mass is 340 g/mol. The highest BCUT2D eigenvalue weighted by Gasteiger charge is 2.22. The van der Waals surface area contributed by atoms with Crippen LogP contribution in [0.3, 0.4) is 0 Å². The van der Waals surface area contributed by atoms with Crippen LogP contribution in [-0.2, 0) is 6.54 Å². The van der Waals surface area contributed by atoms with E-state index in [4.69, 9.17) is 0 Å². The summed E-state index contributed by atoms with van der Waals surface area (Å²) in [4.78, 5) is 14.3. The van der Waals surface area contributed by atoms with E-state index in [2.05, 4.69) is 5.32 Å². The molecule has 0 bridgehead atoms. The molecule has 3 rings (SSSR count). The molecule has 1 aliphatic heterocycles. The molecule has 0 aliphatic carbocycles. The van der Waals surface area contributed by atoms with Crippen LogP contribution in [0.5, 0.6) is 5.75 Å². The molecule has 1 saturated heterocycles. The topological polar surface area (TPSA) is 72.8 Å². The maximum atomic E-state index is 12.5. The fraction of sp³-hybridized carbons (Fsp3) is 0.350. The van der Waals surface area contributed by atoms with Crippen molar-refractivity contribution < 1.29 is 15.0 Å². The van der Waals surface area contributed by atoms with Gasteiger partial charge in [-0.3, -0.25) is 4.79 Å². The van der Waals surface area contributed by atoms with Gasteiger partial charge in [-0.25, -0.2) is 0 Å². The summed E-state index contributed by atoms with van der Waals surface area (Å²) in [5.74, 6) is 0.293. The van der Waals surface area contributed by atoms with Crippen LogP contribution in [0.25, 0.3) is 0 Å². The minimum atomic E-state index is -0.284. The molecule has 3 N–H and O–H groups in total. The number of hydrogen-bond donors (Lipinski definition) is 3. The van der Waals surface area contributed by atoms with Gasteiger partial charge in [-0.15, -0.1) is 0 Å². The third kappa shape index (κ3) is 4.12. The SMILES string of the molecule is Cc1cccc(O)c1CNc1ccc(C(=O)N2CCC(O)CC2)cc1. The number of phenolic OH excluding ortho intramolecular Hbond substituents is 1. The normalized spacial score (nSPS) is 15.2. The number of benzene rings is 2. The first-order chi connectivity index (χ1) is 12.0. The van der Waals surface area contributed by atoms with Gasteiger partial charge in [0.25, 0.3) is 5.91 Å². The molecule has 25 heavy (non-hydrogen) atoms. The van der Waals surface area contributed by atoms with Crippen molar-refractivity contribution in [2.75, 3.05) is 18.4 Å². The third-order valence-electron chi connectivity index (χ3n) is 4.74. The number of carbonyl (C=O) groups excluding carboxylic acids is 1. The van der Waals surface area contributed by atoms with Gasteiger partial charge in [-0.2, -0.15) is 0 Å². The first-order valence-corrected chi connectivity index (χ1v) is 8.63. The summed E-state index contributed by atoms with van der Waals surface area (Å²) in [6.45, 7) is 3.70. The molecule has 0 unspecified atom stereocenters. The van der Waals surface area contributed by atoms with Crippen molar-refractivity contribution in [3.8, 4) is 5.75 Å². The van der Waals surface area contributed by atoms with Gasteiger partial charge in [-0.1, -0.05) is 12.1 Å². The summed E-state index contributed by atoms with van der Waals surface area (Å²) in [6.07, 6.45) is 1.00. The van der Waals surface area contributed by atoms with E-state index >= 15 is 0 Å². The maximum absolute atomic E-state index is 12.5. The van der Waals surface area contributed by atoms with E-state index in [1.54, 1.807) is 11.0 Å². The van der Waals surface area contributed by atoms with E-state index in [0.717, 1.165) is 16.8 Å². The summed E-state index contributed by atoms with van der Waals surface area (Å²) in [5, 5.41) is 22.8. The van der Waals surface area contributed by atoms with Gasteiger partial charge in [0, 0.05) is 36.4 Å². The van der Waals surface area contributed by atoms with Gasteiger partial charge in [0.1, 0.15) is 5.75 Å². The Kier molecular flexibility index (Phi) is 5.24. The van der Waals surface area contributed by atoms with Crippen molar-refractivity contribution in [3.05, 3.63) is 59.2 Å². The fourth-order valence-electron chi connectivity index (χ4n) is 3.09. The Morgan fingerprint density at radius 1 is 1.16 bits per heavy atom. The van der Waals surface area contributed by atoms with Crippen LogP contribution in [0.15, 0.2) is 42.5 Å². The van der Waals surface area contributed by atoms with Crippen LogP contribution < -0.4 is 5.32 Å². The van der Waals surface area contributed by atoms with E-state index in [1.165, 1.54) is 0 Å². The van der Waals surface area contributed by atoms with Crippen molar-refractivity contribution in [1.29, 1.82) is 0 Å². The number of hydrogen-bond acceptors (Lipinski definition) is 4. The molecule has 0 aromatic heterocycles. The highest BCUT2D eigenvalue weighted by Crippen LogP contribution is 2.22. The molecule has 132 valence electrons. The Hall–Kier alpha value is -2.53. The molecular weight excluding hydrogens is 316 g/mol. The molecule has 2 aromatic rings. The largest absolute Gasteiger partial charge is 0.508 e. The van der Waals surface area contributed by atoms with Crippen LogP contribution in [0.1, 0.15) is 34.3 Å². The lowest BCUT2D eigenvalue weighted by atomic mass is 10.1. The molecule has 0 saturated carbocycles. The quantitative estimate of drug-likeness (QED) is 0.800. The van der Waals surface area contributed by atoms with E-state index in [-0.39, 0.29) is 17.8 Å². The van der Waals surface area contributed by atoms with Crippen molar-refractivity contribution in [1.82, 2.24) is 4.90 Å². The third-order valence-corrected chi connectivity index (χ3v) is 4.74. The average molecular weight is 340 g/mol. The van der Waals surface area contributed by atoms with E-state index in [1.807, 2.05) is 43.3 Å². The molecule has 1 amide bonds. The number of anilines is 1. The fourth-order valence-corrected chi connectivity index (χ4v) is 3.09. The number of likely N-dealkylation sites (tertiary alicyclic amines) is 1. The van der Waals surface area contributed by atoms with Crippen LogP contribution >= 0.6 is 0 Å². The second kappa shape index (κ2) is 7.57. The standard InChI is InChI=1S/C20H24N2O3/c1-14-3-2-4-19(24)18(14)13-21-16-7-5-15(6-8-16)20(25)22-11-9-17(23)10-12-22/h2-8,17,21,23-24H,9-13H2,1H3. The predicted octanol–water partition coefficient (Wildman–Crippen LogP) is 2.91. The van der Waals surface area contributed by atoms with E-state index < -0.39 is 0 Å². The number of aliphatic hydroxyl groups is 1. The zero-order chi connectivity index (χ0) is 17.8. The molecule has 5 heteroatoms. The van der Waals surface area contributed by atoms with Crippen LogP contribution in [-0.4, -0.2) is 40.2 Å². The number of phenols is 1. The van der Waals surface area contributed by atoms with E-state index in [0.29, 0.717) is 38.0 Å². The Morgan fingerprint density at radius 2 is 1.84 bits per heavy atom. The minimum Gasteiger partial charge on any atom is -0.508 e. The smallest absolute Gasteiger partial charge is 0.253 e. The van der Waals surface area contributed by atoms with Crippen molar-refractivity contribution in [3.63, 3.8) is 0 Å². The summed E-state index contributed by atoms with van der Waals surface area (Å²) >= 11 is 0. The van der Waals surface area contributed by atoms with Gasteiger partial charge in [0.2, 0.25) is 0 Å². The number of piperidine rings is 1. The van der Waals surface area contributed by atoms with E-state index in [9.17, 15) is 15.0 Å². The lowest BCUT2D eigenvalue weighted by Crippen LogP contribution is -2.40. The summed E-state index contributed by atoms with van der Waals surface area (Å²) in [6, 6.07) is 12.9. The summed E-state index contributed by atoms with van der Waals surface area (Å²) in [7, 11) is 0. The second-order valence-electron chi connectivity index (χ2n) is 6.53. The van der Waals surface area contributed by atoms with Crippen LogP contribution in [0.4, 0.5) is 5.69 Å². The van der Waals surface area contributed by atoms with Crippen molar-refractivity contribution >= 4 is 11.6 Å². The Labute approximate surface area is 147 Å². The number of nitrogens with one attached hydrogen (secondary N) is 1. The average Bonchev–Trinajstić information content (AvgIpc) is 2.62. The molecule has 1 aliphatic rings. The molecule has 1 heterocycles. The number of rotatable bonds is 4. The minimum absolute atomic E-state index is 0.00926. The van der Waals surface area contributed by atoms with Crippen LogP contribution in [0, 0.1) is 6.92 Å². The van der Waals surface area contributed by atoms with Gasteiger partial charge < -0.3 is 20.4 Å².